The van der Waals surface area contributed by atoms with Crippen LogP contribution in [0.25, 0.3) is 0 Å². The Labute approximate surface area is 109 Å². The highest BCUT2D eigenvalue weighted by atomic mass is 16.6. The number of ether oxygens (including phenoxy) is 2. The standard InChI is InChI=1S/C13H24N2O3/c1-14(2)12(16)18-9-11-5-7-13(10-17-3)6-4-8-15(11)13/h11H,4-10H2,1-3H3/t11?,13-/m0/s1. The molecule has 0 spiro atoms. The van der Waals surface area contributed by atoms with Crippen LogP contribution in [0.15, 0.2) is 0 Å². The van der Waals surface area contributed by atoms with Gasteiger partial charge in [-0.15, -0.1) is 0 Å². The summed E-state index contributed by atoms with van der Waals surface area (Å²) >= 11 is 0. The maximum absolute atomic E-state index is 11.5. The highest BCUT2D eigenvalue weighted by Gasteiger charge is 2.49. The van der Waals surface area contributed by atoms with Gasteiger partial charge in [0, 0.05) is 32.8 Å². The van der Waals surface area contributed by atoms with E-state index < -0.39 is 0 Å². The van der Waals surface area contributed by atoms with Gasteiger partial charge in [0.1, 0.15) is 6.61 Å². The highest BCUT2D eigenvalue weighted by molar-refractivity contribution is 5.66. The molecule has 104 valence electrons. The first-order valence-corrected chi connectivity index (χ1v) is 6.69. The number of rotatable bonds is 4. The third-order valence-corrected chi connectivity index (χ3v) is 4.21. The highest BCUT2D eigenvalue weighted by Crippen LogP contribution is 2.42. The van der Waals surface area contributed by atoms with Crippen molar-refractivity contribution in [2.75, 3.05) is 41.0 Å². The maximum Gasteiger partial charge on any atom is 0.409 e. The minimum atomic E-state index is -0.251. The van der Waals surface area contributed by atoms with Gasteiger partial charge in [-0.1, -0.05) is 0 Å². The summed E-state index contributed by atoms with van der Waals surface area (Å²) in [5.74, 6) is 0. The van der Waals surface area contributed by atoms with Gasteiger partial charge in [0.2, 0.25) is 0 Å². The molecule has 2 saturated heterocycles. The number of amides is 1. The Balaban J connectivity index is 1.90. The fourth-order valence-corrected chi connectivity index (χ4v) is 3.35. The molecule has 2 atom stereocenters. The summed E-state index contributed by atoms with van der Waals surface area (Å²) in [6.45, 7) is 2.40. The molecule has 0 aromatic rings. The molecule has 1 amide bonds. The van der Waals surface area contributed by atoms with Crippen molar-refractivity contribution in [1.29, 1.82) is 0 Å². The number of nitrogens with zero attached hydrogens (tertiary/aromatic N) is 2. The molecular formula is C13H24N2O3. The lowest BCUT2D eigenvalue weighted by atomic mass is 9.95. The van der Waals surface area contributed by atoms with Crippen LogP contribution < -0.4 is 0 Å². The number of carbonyl (C=O) groups excluding carboxylic acids is 1. The lowest BCUT2D eigenvalue weighted by Crippen LogP contribution is -2.47. The second-order valence-electron chi connectivity index (χ2n) is 5.62. The Morgan fingerprint density at radius 1 is 1.44 bits per heavy atom. The number of carbonyl (C=O) groups is 1. The van der Waals surface area contributed by atoms with Gasteiger partial charge in [-0.2, -0.15) is 0 Å². The Kier molecular flexibility index (Phi) is 4.12. The van der Waals surface area contributed by atoms with E-state index in [4.69, 9.17) is 9.47 Å². The molecule has 2 aliphatic rings. The van der Waals surface area contributed by atoms with E-state index in [1.807, 2.05) is 0 Å². The van der Waals surface area contributed by atoms with Gasteiger partial charge in [0.05, 0.1) is 6.61 Å². The average molecular weight is 256 g/mol. The zero-order chi connectivity index (χ0) is 13.2. The number of hydrogen-bond donors (Lipinski definition) is 0. The van der Waals surface area contributed by atoms with Gasteiger partial charge in [-0.3, -0.25) is 4.90 Å². The van der Waals surface area contributed by atoms with Crippen LogP contribution >= 0.6 is 0 Å². The van der Waals surface area contributed by atoms with Crippen molar-refractivity contribution in [3.05, 3.63) is 0 Å². The predicted molar refractivity (Wildman–Crippen MR) is 68.6 cm³/mol. The molecule has 2 rings (SSSR count). The lowest BCUT2D eigenvalue weighted by molar-refractivity contribution is 0.0293. The summed E-state index contributed by atoms with van der Waals surface area (Å²) in [6.07, 6.45) is 4.44. The molecule has 2 aliphatic heterocycles. The van der Waals surface area contributed by atoms with Crippen molar-refractivity contribution in [1.82, 2.24) is 9.80 Å². The van der Waals surface area contributed by atoms with Crippen molar-refractivity contribution >= 4 is 6.09 Å². The Morgan fingerprint density at radius 3 is 2.89 bits per heavy atom. The maximum atomic E-state index is 11.5. The molecule has 0 bridgehead atoms. The van der Waals surface area contributed by atoms with Gasteiger partial charge in [-0.25, -0.2) is 4.79 Å². The van der Waals surface area contributed by atoms with E-state index in [0.717, 1.165) is 26.0 Å². The largest absolute Gasteiger partial charge is 0.448 e. The van der Waals surface area contributed by atoms with Crippen LogP contribution in [0.1, 0.15) is 25.7 Å². The molecule has 0 radical (unpaired) electrons. The Morgan fingerprint density at radius 2 is 2.22 bits per heavy atom. The number of methoxy groups -OCH3 is 1. The number of hydrogen-bond acceptors (Lipinski definition) is 4. The van der Waals surface area contributed by atoms with E-state index >= 15 is 0 Å². The first-order chi connectivity index (χ1) is 8.59. The average Bonchev–Trinajstić information content (AvgIpc) is 2.85. The minimum absolute atomic E-state index is 0.212. The molecule has 18 heavy (non-hydrogen) atoms. The van der Waals surface area contributed by atoms with Gasteiger partial charge < -0.3 is 14.4 Å². The molecule has 0 aliphatic carbocycles. The first kappa shape index (κ1) is 13.6. The van der Waals surface area contributed by atoms with E-state index in [-0.39, 0.29) is 11.6 Å². The van der Waals surface area contributed by atoms with E-state index in [9.17, 15) is 4.79 Å². The van der Waals surface area contributed by atoms with Crippen LogP contribution in [0.2, 0.25) is 0 Å². The van der Waals surface area contributed by atoms with Crippen LogP contribution in [-0.2, 0) is 9.47 Å². The van der Waals surface area contributed by atoms with Crippen molar-refractivity contribution in [2.24, 2.45) is 0 Å². The second kappa shape index (κ2) is 5.45. The van der Waals surface area contributed by atoms with Crippen molar-refractivity contribution in [3.8, 4) is 0 Å². The lowest BCUT2D eigenvalue weighted by Gasteiger charge is -2.34. The zero-order valence-corrected chi connectivity index (χ0v) is 11.6. The summed E-state index contributed by atoms with van der Waals surface area (Å²) < 4.78 is 10.7. The minimum Gasteiger partial charge on any atom is -0.448 e. The van der Waals surface area contributed by atoms with Crippen LogP contribution in [0.4, 0.5) is 4.79 Å². The van der Waals surface area contributed by atoms with Crippen LogP contribution in [0, 0.1) is 0 Å². The van der Waals surface area contributed by atoms with Crippen molar-refractivity contribution < 1.29 is 14.3 Å². The number of fused-ring (bicyclic) bond motifs is 1. The fourth-order valence-electron chi connectivity index (χ4n) is 3.35. The summed E-state index contributed by atoms with van der Waals surface area (Å²) in [4.78, 5) is 15.4. The van der Waals surface area contributed by atoms with Gasteiger partial charge in [0.25, 0.3) is 0 Å². The molecule has 2 fully saturated rings. The van der Waals surface area contributed by atoms with Crippen LogP contribution in [-0.4, -0.2) is 68.4 Å². The van der Waals surface area contributed by atoms with E-state index in [1.54, 1.807) is 21.2 Å². The molecule has 0 aromatic heterocycles. The smallest absolute Gasteiger partial charge is 0.409 e. The second-order valence-corrected chi connectivity index (χ2v) is 5.62. The summed E-state index contributed by atoms with van der Waals surface area (Å²) in [5, 5.41) is 0. The summed E-state index contributed by atoms with van der Waals surface area (Å²) in [5.41, 5.74) is 0.212. The van der Waals surface area contributed by atoms with Gasteiger partial charge in [0.15, 0.2) is 0 Å². The molecule has 5 nitrogen and oxygen atoms in total. The molecule has 1 unspecified atom stereocenters. The Bertz CT molecular complexity index is 309. The zero-order valence-electron chi connectivity index (χ0n) is 11.6. The van der Waals surface area contributed by atoms with Crippen LogP contribution in [0.5, 0.6) is 0 Å². The fraction of sp³-hybridized carbons (Fsp3) is 0.923. The summed E-state index contributed by atoms with van der Waals surface area (Å²) in [6, 6.07) is 0.367. The third-order valence-electron chi connectivity index (χ3n) is 4.21. The van der Waals surface area contributed by atoms with E-state index in [1.165, 1.54) is 17.7 Å². The van der Waals surface area contributed by atoms with E-state index in [0.29, 0.717) is 12.6 Å². The quantitative estimate of drug-likeness (QED) is 0.761. The monoisotopic (exact) mass is 256 g/mol. The Hall–Kier alpha value is -0.810. The van der Waals surface area contributed by atoms with Gasteiger partial charge >= 0.3 is 6.09 Å². The molecule has 5 heteroatoms. The first-order valence-electron chi connectivity index (χ1n) is 6.69. The molecule has 0 aromatic carbocycles. The normalized spacial score (nSPS) is 31.4. The van der Waals surface area contributed by atoms with Gasteiger partial charge in [-0.05, 0) is 32.2 Å². The van der Waals surface area contributed by atoms with E-state index in [2.05, 4.69) is 4.90 Å². The molecule has 0 N–H and O–H groups in total. The SMILES string of the molecule is COC[C@@]12CCCN1C(COC(=O)N(C)C)CC2. The van der Waals surface area contributed by atoms with Crippen LogP contribution in [0.3, 0.4) is 0 Å². The predicted octanol–water partition coefficient (Wildman–Crippen LogP) is 1.33. The van der Waals surface area contributed by atoms with Crippen molar-refractivity contribution in [2.45, 2.75) is 37.3 Å². The topological polar surface area (TPSA) is 42.0 Å². The van der Waals surface area contributed by atoms with Crippen molar-refractivity contribution in [3.63, 3.8) is 0 Å². The third kappa shape index (κ3) is 2.47. The molecular weight excluding hydrogens is 232 g/mol. The molecule has 0 saturated carbocycles. The molecule has 2 heterocycles. The summed E-state index contributed by atoms with van der Waals surface area (Å²) in [7, 11) is 5.19.